The molecule has 1 heterocycles. The van der Waals surface area contributed by atoms with Crippen LogP contribution in [0.25, 0.3) is 0 Å². The molecule has 1 saturated heterocycles. The van der Waals surface area contributed by atoms with Crippen LogP contribution < -0.4 is 5.32 Å². The number of hydrogen-bond acceptors (Lipinski definition) is 3. The zero-order chi connectivity index (χ0) is 11.7. The smallest absolute Gasteiger partial charge is 0.306 e. The number of fused-ring (bicyclic) bond motifs is 1. The Labute approximate surface area is 100 Å². The number of carbonyl (C=O) groups is 1. The van der Waals surface area contributed by atoms with Crippen molar-refractivity contribution in [2.24, 2.45) is 11.8 Å². The summed E-state index contributed by atoms with van der Waals surface area (Å²) in [6, 6.07) is 0.240. The molecule has 0 radical (unpaired) electrons. The molecule has 2 aliphatic rings. The van der Waals surface area contributed by atoms with Crippen molar-refractivity contribution >= 4 is 17.6 Å². The second kappa shape index (κ2) is 4.90. The van der Waals surface area contributed by atoms with Crippen LogP contribution in [0.2, 0.25) is 0 Å². The molecule has 0 aromatic rings. The second-order valence-electron chi connectivity index (χ2n) is 4.76. The quantitative estimate of drug-likeness (QED) is 0.573. The predicted octanol–water partition coefficient (Wildman–Crippen LogP) is 1.43. The molecule has 16 heavy (non-hydrogen) atoms. The topological polar surface area (TPSA) is 58.6 Å². The molecule has 0 aromatic heterocycles. The minimum Gasteiger partial charge on any atom is -0.481 e. The standard InChI is InChI=1S/C11H18ClNO3/c1-16-6-2-3-9-7(4-6)8(11(14)15)5-10(12)13-9/h6-10,13H,2-5H2,1H3,(H,14,15)/t6-,7+,8-,9-,10-/m1/s1. The van der Waals surface area contributed by atoms with Gasteiger partial charge in [-0.2, -0.15) is 0 Å². The SMILES string of the molecule is CO[C@@H]1CC[C@H]2N[C@@H](Cl)C[C@@H](C(=O)O)[C@@H]2C1. The largest absolute Gasteiger partial charge is 0.481 e. The van der Waals surface area contributed by atoms with Crippen molar-refractivity contribution in [2.75, 3.05) is 7.11 Å². The Balaban J connectivity index is 2.10. The lowest BCUT2D eigenvalue weighted by Crippen LogP contribution is -2.54. The molecule has 0 spiro atoms. The van der Waals surface area contributed by atoms with Crippen LogP contribution in [0.4, 0.5) is 0 Å². The van der Waals surface area contributed by atoms with E-state index >= 15 is 0 Å². The van der Waals surface area contributed by atoms with E-state index in [1.165, 1.54) is 0 Å². The summed E-state index contributed by atoms with van der Waals surface area (Å²) in [6.45, 7) is 0. The average molecular weight is 248 g/mol. The van der Waals surface area contributed by atoms with Gasteiger partial charge in [-0.05, 0) is 31.6 Å². The molecular formula is C11H18ClNO3. The number of piperidine rings is 1. The summed E-state index contributed by atoms with van der Waals surface area (Å²) in [5.74, 6) is -0.892. The van der Waals surface area contributed by atoms with Gasteiger partial charge in [0.2, 0.25) is 0 Å². The minimum absolute atomic E-state index is 0.159. The van der Waals surface area contributed by atoms with Crippen molar-refractivity contribution in [1.82, 2.24) is 5.32 Å². The maximum absolute atomic E-state index is 11.2. The number of carboxylic acids is 1. The maximum Gasteiger partial charge on any atom is 0.306 e. The van der Waals surface area contributed by atoms with E-state index in [0.29, 0.717) is 6.42 Å². The number of alkyl halides is 1. The molecule has 2 fully saturated rings. The lowest BCUT2D eigenvalue weighted by atomic mass is 9.72. The Morgan fingerprint density at radius 2 is 2.19 bits per heavy atom. The molecule has 1 aliphatic heterocycles. The van der Waals surface area contributed by atoms with Crippen LogP contribution in [0.5, 0.6) is 0 Å². The predicted molar refractivity (Wildman–Crippen MR) is 60.4 cm³/mol. The Kier molecular flexibility index (Phi) is 3.72. The monoisotopic (exact) mass is 247 g/mol. The van der Waals surface area contributed by atoms with Crippen LogP contribution in [-0.4, -0.2) is 35.8 Å². The highest BCUT2D eigenvalue weighted by Crippen LogP contribution is 2.38. The highest BCUT2D eigenvalue weighted by Gasteiger charge is 2.43. The van der Waals surface area contributed by atoms with Crippen LogP contribution >= 0.6 is 11.6 Å². The Morgan fingerprint density at radius 3 is 2.81 bits per heavy atom. The average Bonchev–Trinajstić information content (AvgIpc) is 2.27. The van der Waals surface area contributed by atoms with Gasteiger partial charge in [-0.1, -0.05) is 0 Å². The van der Waals surface area contributed by atoms with Gasteiger partial charge in [0.25, 0.3) is 0 Å². The van der Waals surface area contributed by atoms with Gasteiger partial charge >= 0.3 is 5.97 Å². The van der Waals surface area contributed by atoms with Gasteiger partial charge in [0, 0.05) is 13.2 Å². The lowest BCUT2D eigenvalue weighted by Gasteiger charge is -2.44. The number of hydrogen-bond donors (Lipinski definition) is 2. The van der Waals surface area contributed by atoms with E-state index in [9.17, 15) is 9.90 Å². The molecular weight excluding hydrogens is 230 g/mol. The third kappa shape index (κ3) is 2.34. The lowest BCUT2D eigenvalue weighted by molar-refractivity contribution is -0.147. The van der Waals surface area contributed by atoms with E-state index in [1.807, 2.05) is 0 Å². The van der Waals surface area contributed by atoms with Crippen molar-refractivity contribution in [3.05, 3.63) is 0 Å². The van der Waals surface area contributed by atoms with Crippen LogP contribution in [0.1, 0.15) is 25.7 Å². The fourth-order valence-electron chi connectivity index (χ4n) is 3.01. The van der Waals surface area contributed by atoms with E-state index in [4.69, 9.17) is 16.3 Å². The zero-order valence-electron chi connectivity index (χ0n) is 9.36. The third-order valence-corrected chi connectivity index (χ3v) is 4.18. The van der Waals surface area contributed by atoms with Gasteiger partial charge in [-0.3, -0.25) is 10.1 Å². The maximum atomic E-state index is 11.2. The molecule has 5 heteroatoms. The fourth-order valence-corrected chi connectivity index (χ4v) is 3.37. The molecule has 4 nitrogen and oxygen atoms in total. The summed E-state index contributed by atoms with van der Waals surface area (Å²) in [5.41, 5.74) is -0.207. The van der Waals surface area contributed by atoms with Crippen LogP contribution in [0.3, 0.4) is 0 Å². The molecule has 5 atom stereocenters. The first-order chi connectivity index (χ1) is 7.61. The summed E-state index contributed by atoms with van der Waals surface area (Å²) in [7, 11) is 1.70. The molecule has 1 saturated carbocycles. The van der Waals surface area contributed by atoms with E-state index in [1.54, 1.807) is 7.11 Å². The second-order valence-corrected chi connectivity index (χ2v) is 5.28. The van der Waals surface area contributed by atoms with Crippen molar-refractivity contribution < 1.29 is 14.6 Å². The van der Waals surface area contributed by atoms with Gasteiger partial charge in [0.05, 0.1) is 17.5 Å². The molecule has 0 aromatic carbocycles. The van der Waals surface area contributed by atoms with Crippen LogP contribution in [-0.2, 0) is 9.53 Å². The van der Waals surface area contributed by atoms with Crippen LogP contribution in [0.15, 0.2) is 0 Å². The summed E-state index contributed by atoms with van der Waals surface area (Å²) in [6.07, 6.45) is 3.48. The Bertz CT molecular complexity index is 274. The fraction of sp³-hybridized carbons (Fsp3) is 0.909. The van der Waals surface area contributed by atoms with Gasteiger partial charge in [-0.15, -0.1) is 11.6 Å². The molecule has 92 valence electrons. The minimum atomic E-state index is -0.723. The number of halogens is 1. The van der Waals surface area contributed by atoms with Crippen molar-refractivity contribution in [3.63, 3.8) is 0 Å². The number of carboxylic acid groups (broad SMARTS) is 1. The first-order valence-corrected chi connectivity index (χ1v) is 6.21. The van der Waals surface area contributed by atoms with Gasteiger partial charge < -0.3 is 9.84 Å². The molecule has 0 amide bonds. The third-order valence-electron chi connectivity index (χ3n) is 3.87. The van der Waals surface area contributed by atoms with E-state index in [0.717, 1.165) is 19.3 Å². The summed E-state index contributed by atoms with van der Waals surface area (Å²) >= 11 is 6.04. The molecule has 2 N–H and O–H groups in total. The number of aliphatic carboxylic acids is 1. The van der Waals surface area contributed by atoms with Crippen molar-refractivity contribution in [3.8, 4) is 0 Å². The van der Waals surface area contributed by atoms with Gasteiger partial charge in [-0.25, -0.2) is 0 Å². The van der Waals surface area contributed by atoms with E-state index in [-0.39, 0.29) is 29.5 Å². The number of ether oxygens (including phenoxy) is 1. The highest BCUT2D eigenvalue weighted by molar-refractivity contribution is 6.20. The number of rotatable bonds is 2. The van der Waals surface area contributed by atoms with Crippen LogP contribution in [0, 0.1) is 11.8 Å². The molecule has 1 aliphatic carbocycles. The number of methoxy groups -OCH3 is 1. The first kappa shape index (κ1) is 12.1. The Hall–Kier alpha value is -0.320. The Morgan fingerprint density at radius 1 is 1.44 bits per heavy atom. The summed E-state index contributed by atoms with van der Waals surface area (Å²) < 4.78 is 5.34. The van der Waals surface area contributed by atoms with Gasteiger partial charge in [0.1, 0.15) is 0 Å². The zero-order valence-corrected chi connectivity index (χ0v) is 10.1. The van der Waals surface area contributed by atoms with Gasteiger partial charge in [0.15, 0.2) is 0 Å². The summed E-state index contributed by atoms with van der Waals surface area (Å²) in [5, 5.41) is 12.5. The molecule has 2 rings (SSSR count). The van der Waals surface area contributed by atoms with Crippen molar-refractivity contribution in [1.29, 1.82) is 0 Å². The normalized spacial score (nSPS) is 43.8. The first-order valence-electron chi connectivity index (χ1n) is 5.77. The molecule has 0 bridgehead atoms. The summed E-state index contributed by atoms with van der Waals surface area (Å²) in [4.78, 5) is 11.2. The van der Waals surface area contributed by atoms with E-state index < -0.39 is 5.97 Å². The van der Waals surface area contributed by atoms with Crippen molar-refractivity contribution in [2.45, 2.75) is 43.3 Å². The number of nitrogens with one attached hydrogen (secondary N) is 1. The molecule has 0 unspecified atom stereocenters. The highest BCUT2D eigenvalue weighted by atomic mass is 35.5. The van der Waals surface area contributed by atoms with E-state index in [2.05, 4.69) is 5.32 Å².